The highest BCUT2D eigenvalue weighted by Crippen LogP contribution is 2.13. The number of methoxy groups -OCH3 is 1. The SMILES string of the molecule is COc1cccc(CCN(C)CCCC#N)c1. The van der Waals surface area contributed by atoms with Gasteiger partial charge in [0.15, 0.2) is 0 Å². The Morgan fingerprint density at radius 3 is 2.88 bits per heavy atom. The molecule has 3 heteroatoms. The fourth-order valence-corrected chi connectivity index (χ4v) is 1.69. The number of benzene rings is 1. The Bertz CT molecular complexity index is 371. The Hall–Kier alpha value is -1.53. The van der Waals surface area contributed by atoms with Crippen molar-refractivity contribution in [2.75, 3.05) is 27.2 Å². The van der Waals surface area contributed by atoms with E-state index >= 15 is 0 Å². The summed E-state index contributed by atoms with van der Waals surface area (Å²) in [4.78, 5) is 2.26. The number of unbranched alkanes of at least 4 members (excludes halogenated alkanes) is 1. The van der Waals surface area contributed by atoms with Crippen molar-refractivity contribution in [1.82, 2.24) is 4.90 Å². The van der Waals surface area contributed by atoms with E-state index in [0.717, 1.165) is 31.7 Å². The highest BCUT2D eigenvalue weighted by atomic mass is 16.5. The van der Waals surface area contributed by atoms with Crippen LogP contribution >= 0.6 is 0 Å². The van der Waals surface area contributed by atoms with Gasteiger partial charge in [0.05, 0.1) is 13.2 Å². The summed E-state index contributed by atoms with van der Waals surface area (Å²) in [5.41, 5.74) is 1.29. The van der Waals surface area contributed by atoms with Gasteiger partial charge in [-0.05, 0) is 44.1 Å². The topological polar surface area (TPSA) is 36.3 Å². The maximum atomic E-state index is 8.46. The predicted molar refractivity (Wildman–Crippen MR) is 69.0 cm³/mol. The number of hydrogen-bond acceptors (Lipinski definition) is 3. The van der Waals surface area contributed by atoms with Crippen molar-refractivity contribution in [3.05, 3.63) is 29.8 Å². The first-order valence-corrected chi connectivity index (χ1v) is 5.94. The maximum Gasteiger partial charge on any atom is 0.119 e. The number of nitrogens with zero attached hydrogens (tertiary/aromatic N) is 2. The minimum Gasteiger partial charge on any atom is -0.497 e. The van der Waals surface area contributed by atoms with Crippen molar-refractivity contribution in [3.63, 3.8) is 0 Å². The molecule has 3 nitrogen and oxygen atoms in total. The molecule has 1 aromatic carbocycles. The Morgan fingerprint density at radius 1 is 1.35 bits per heavy atom. The first kappa shape index (κ1) is 13.5. The van der Waals surface area contributed by atoms with E-state index in [2.05, 4.69) is 30.1 Å². The third-order valence-corrected chi connectivity index (χ3v) is 2.74. The summed E-state index contributed by atoms with van der Waals surface area (Å²) in [6, 6.07) is 10.3. The van der Waals surface area contributed by atoms with Crippen LogP contribution in [0.25, 0.3) is 0 Å². The van der Waals surface area contributed by atoms with Crippen LogP contribution in [0.4, 0.5) is 0 Å². The maximum absolute atomic E-state index is 8.46. The van der Waals surface area contributed by atoms with Crippen LogP contribution in [0.2, 0.25) is 0 Å². The Balaban J connectivity index is 2.31. The molecular formula is C14H20N2O. The summed E-state index contributed by atoms with van der Waals surface area (Å²) in [6.45, 7) is 2.00. The minimum absolute atomic E-state index is 0.642. The molecule has 0 heterocycles. The lowest BCUT2D eigenvalue weighted by Gasteiger charge is -2.15. The Labute approximate surface area is 104 Å². The summed E-state index contributed by atoms with van der Waals surface area (Å²) >= 11 is 0. The zero-order valence-electron chi connectivity index (χ0n) is 10.6. The van der Waals surface area contributed by atoms with Gasteiger partial charge >= 0.3 is 0 Å². The lowest BCUT2D eigenvalue weighted by atomic mass is 10.1. The second kappa shape index (κ2) is 7.70. The second-order valence-electron chi connectivity index (χ2n) is 4.17. The monoisotopic (exact) mass is 232 g/mol. The molecule has 0 aromatic heterocycles. The fourth-order valence-electron chi connectivity index (χ4n) is 1.69. The van der Waals surface area contributed by atoms with Gasteiger partial charge in [0.25, 0.3) is 0 Å². The van der Waals surface area contributed by atoms with Crippen LogP contribution in [0, 0.1) is 11.3 Å². The van der Waals surface area contributed by atoms with E-state index in [4.69, 9.17) is 10.00 Å². The van der Waals surface area contributed by atoms with Crippen LogP contribution in [-0.4, -0.2) is 32.1 Å². The molecule has 1 rings (SSSR count). The number of ether oxygens (including phenoxy) is 1. The molecule has 0 saturated carbocycles. The number of nitriles is 1. The Kier molecular flexibility index (Phi) is 6.13. The average Bonchev–Trinajstić information content (AvgIpc) is 2.37. The number of hydrogen-bond donors (Lipinski definition) is 0. The first-order valence-electron chi connectivity index (χ1n) is 5.94. The van der Waals surface area contributed by atoms with Gasteiger partial charge in [0.2, 0.25) is 0 Å². The van der Waals surface area contributed by atoms with Gasteiger partial charge in [-0.25, -0.2) is 0 Å². The van der Waals surface area contributed by atoms with Crippen LogP contribution in [0.5, 0.6) is 5.75 Å². The number of rotatable bonds is 7. The molecule has 17 heavy (non-hydrogen) atoms. The van der Waals surface area contributed by atoms with E-state index in [1.165, 1.54) is 5.56 Å². The molecular weight excluding hydrogens is 212 g/mol. The van der Waals surface area contributed by atoms with Gasteiger partial charge < -0.3 is 9.64 Å². The molecule has 0 aliphatic heterocycles. The van der Waals surface area contributed by atoms with Crippen LogP contribution in [-0.2, 0) is 6.42 Å². The molecule has 0 aliphatic rings. The van der Waals surface area contributed by atoms with Gasteiger partial charge in [0, 0.05) is 13.0 Å². The van der Waals surface area contributed by atoms with Crippen molar-refractivity contribution in [2.45, 2.75) is 19.3 Å². The standard InChI is InChI=1S/C14H20N2O/c1-16(10-4-3-9-15)11-8-13-6-5-7-14(12-13)17-2/h5-7,12H,3-4,8,10-11H2,1-2H3. The van der Waals surface area contributed by atoms with E-state index in [-0.39, 0.29) is 0 Å². The highest BCUT2D eigenvalue weighted by molar-refractivity contribution is 5.28. The quantitative estimate of drug-likeness (QED) is 0.678. The molecule has 0 fully saturated rings. The van der Waals surface area contributed by atoms with Gasteiger partial charge in [-0.2, -0.15) is 5.26 Å². The zero-order valence-corrected chi connectivity index (χ0v) is 10.6. The van der Waals surface area contributed by atoms with Gasteiger partial charge in [-0.15, -0.1) is 0 Å². The van der Waals surface area contributed by atoms with Crippen molar-refractivity contribution in [3.8, 4) is 11.8 Å². The van der Waals surface area contributed by atoms with Crippen LogP contribution < -0.4 is 4.74 Å². The van der Waals surface area contributed by atoms with Crippen molar-refractivity contribution < 1.29 is 4.74 Å². The lowest BCUT2D eigenvalue weighted by molar-refractivity contribution is 0.335. The molecule has 0 amide bonds. The van der Waals surface area contributed by atoms with Gasteiger partial charge in [-0.3, -0.25) is 0 Å². The van der Waals surface area contributed by atoms with Gasteiger partial charge in [-0.1, -0.05) is 12.1 Å². The molecule has 0 N–H and O–H groups in total. The van der Waals surface area contributed by atoms with E-state index in [0.29, 0.717) is 6.42 Å². The molecule has 0 saturated heterocycles. The number of likely N-dealkylation sites (N-methyl/N-ethyl adjacent to an activating group) is 1. The molecule has 0 atom stereocenters. The molecule has 1 aromatic rings. The summed E-state index contributed by atoms with van der Waals surface area (Å²) in [6.07, 6.45) is 2.61. The van der Waals surface area contributed by atoms with Crippen LogP contribution in [0.3, 0.4) is 0 Å². The van der Waals surface area contributed by atoms with E-state index in [9.17, 15) is 0 Å². The average molecular weight is 232 g/mol. The summed E-state index contributed by atoms with van der Waals surface area (Å²) in [7, 11) is 3.78. The third kappa shape index (κ3) is 5.37. The first-order chi connectivity index (χ1) is 8.26. The zero-order chi connectivity index (χ0) is 12.5. The highest BCUT2D eigenvalue weighted by Gasteiger charge is 2.00. The summed E-state index contributed by atoms with van der Waals surface area (Å²) < 4.78 is 5.19. The van der Waals surface area contributed by atoms with E-state index in [1.807, 2.05) is 12.1 Å². The van der Waals surface area contributed by atoms with Crippen molar-refractivity contribution in [2.24, 2.45) is 0 Å². The molecule has 0 aliphatic carbocycles. The van der Waals surface area contributed by atoms with E-state index < -0.39 is 0 Å². The predicted octanol–water partition coefficient (Wildman–Crippen LogP) is 2.47. The van der Waals surface area contributed by atoms with E-state index in [1.54, 1.807) is 7.11 Å². The lowest BCUT2D eigenvalue weighted by Crippen LogP contribution is -2.22. The van der Waals surface area contributed by atoms with Gasteiger partial charge in [0.1, 0.15) is 5.75 Å². The molecule has 92 valence electrons. The molecule has 0 spiro atoms. The largest absolute Gasteiger partial charge is 0.497 e. The smallest absolute Gasteiger partial charge is 0.119 e. The van der Waals surface area contributed by atoms with Crippen LogP contribution in [0.1, 0.15) is 18.4 Å². The van der Waals surface area contributed by atoms with Crippen molar-refractivity contribution >= 4 is 0 Å². The minimum atomic E-state index is 0.642. The molecule has 0 unspecified atom stereocenters. The van der Waals surface area contributed by atoms with Crippen molar-refractivity contribution in [1.29, 1.82) is 5.26 Å². The molecule has 0 radical (unpaired) electrons. The normalized spacial score (nSPS) is 10.2. The third-order valence-electron chi connectivity index (χ3n) is 2.74. The second-order valence-corrected chi connectivity index (χ2v) is 4.17. The summed E-state index contributed by atoms with van der Waals surface area (Å²) in [5, 5.41) is 8.46. The van der Waals surface area contributed by atoms with Crippen LogP contribution in [0.15, 0.2) is 24.3 Å². The molecule has 0 bridgehead atoms. The Morgan fingerprint density at radius 2 is 2.18 bits per heavy atom. The summed E-state index contributed by atoms with van der Waals surface area (Å²) in [5.74, 6) is 0.912. The fraction of sp³-hybridized carbons (Fsp3) is 0.500.